The minimum atomic E-state index is -0.548. The number of nitrogens with two attached hydrogens (primary N) is 2. The summed E-state index contributed by atoms with van der Waals surface area (Å²) in [6.45, 7) is 4.45. The molecule has 4 N–H and O–H groups in total. The summed E-state index contributed by atoms with van der Waals surface area (Å²) in [5, 5.41) is 0. The Morgan fingerprint density at radius 2 is 1.75 bits per heavy atom. The number of benzene rings is 2. The second-order valence-corrected chi connectivity index (χ2v) is 4.90. The molecule has 0 aliphatic carbocycles. The fraction of sp³-hybridized carbons (Fsp3) is 0.188. The first-order chi connectivity index (χ1) is 9.45. The number of nitrogen functional groups attached to an aromatic ring is 1. The van der Waals surface area contributed by atoms with E-state index in [1.807, 2.05) is 26.0 Å². The van der Waals surface area contributed by atoms with Crippen LogP contribution in [0.2, 0.25) is 0 Å². The summed E-state index contributed by atoms with van der Waals surface area (Å²) in [5.74, 6) is -0.0985. The van der Waals surface area contributed by atoms with E-state index in [9.17, 15) is 4.79 Å². The van der Waals surface area contributed by atoms with E-state index in [1.54, 1.807) is 12.1 Å². The Morgan fingerprint density at radius 1 is 1.10 bits per heavy atom. The Hall–Kier alpha value is -2.49. The number of rotatable bonds is 4. The van der Waals surface area contributed by atoms with Gasteiger partial charge in [0.05, 0.1) is 5.56 Å². The van der Waals surface area contributed by atoms with E-state index in [4.69, 9.17) is 16.2 Å². The minimum Gasteiger partial charge on any atom is -0.488 e. The SMILES string of the molecule is Cc1cc(C)cc(COc2ccc(N)cc2C(N)=O)c1. The van der Waals surface area contributed by atoms with Gasteiger partial charge in [-0.15, -0.1) is 0 Å². The Morgan fingerprint density at radius 3 is 2.35 bits per heavy atom. The standard InChI is InChI=1S/C16H18N2O2/c1-10-5-11(2)7-12(6-10)9-20-15-4-3-13(17)8-14(15)16(18)19/h3-8H,9,17H2,1-2H3,(H2,18,19). The van der Waals surface area contributed by atoms with Crippen molar-refractivity contribution in [1.82, 2.24) is 0 Å². The summed E-state index contributed by atoms with van der Waals surface area (Å²) in [5.41, 5.74) is 15.2. The predicted octanol–water partition coefficient (Wildman–Crippen LogP) is 2.56. The number of hydrogen-bond acceptors (Lipinski definition) is 3. The summed E-state index contributed by atoms with van der Waals surface area (Å²) in [6, 6.07) is 11.1. The molecule has 0 saturated carbocycles. The van der Waals surface area contributed by atoms with Gasteiger partial charge in [-0.05, 0) is 37.6 Å². The van der Waals surface area contributed by atoms with Crippen molar-refractivity contribution in [3.05, 3.63) is 58.7 Å². The van der Waals surface area contributed by atoms with Crippen LogP contribution in [0.25, 0.3) is 0 Å². The maximum Gasteiger partial charge on any atom is 0.252 e. The van der Waals surface area contributed by atoms with E-state index in [2.05, 4.69) is 6.07 Å². The van der Waals surface area contributed by atoms with Crippen LogP contribution in [-0.4, -0.2) is 5.91 Å². The first-order valence-corrected chi connectivity index (χ1v) is 6.35. The highest BCUT2D eigenvalue weighted by Gasteiger charge is 2.10. The lowest BCUT2D eigenvalue weighted by Gasteiger charge is -2.11. The molecule has 0 aromatic heterocycles. The molecule has 2 aromatic carbocycles. The van der Waals surface area contributed by atoms with Crippen molar-refractivity contribution >= 4 is 11.6 Å². The van der Waals surface area contributed by atoms with Crippen LogP contribution in [0.4, 0.5) is 5.69 Å². The highest BCUT2D eigenvalue weighted by molar-refractivity contribution is 5.96. The average molecular weight is 270 g/mol. The van der Waals surface area contributed by atoms with Crippen molar-refractivity contribution in [2.24, 2.45) is 5.73 Å². The van der Waals surface area contributed by atoms with Gasteiger partial charge in [0.2, 0.25) is 0 Å². The summed E-state index contributed by atoms with van der Waals surface area (Å²) in [6.07, 6.45) is 0. The van der Waals surface area contributed by atoms with E-state index < -0.39 is 5.91 Å². The van der Waals surface area contributed by atoms with Gasteiger partial charge in [0.25, 0.3) is 5.91 Å². The van der Waals surface area contributed by atoms with Gasteiger partial charge < -0.3 is 16.2 Å². The van der Waals surface area contributed by atoms with Crippen LogP contribution in [0.5, 0.6) is 5.75 Å². The molecule has 0 aliphatic rings. The van der Waals surface area contributed by atoms with Crippen molar-refractivity contribution in [2.45, 2.75) is 20.5 Å². The van der Waals surface area contributed by atoms with Crippen LogP contribution >= 0.6 is 0 Å². The van der Waals surface area contributed by atoms with Crippen molar-refractivity contribution < 1.29 is 9.53 Å². The van der Waals surface area contributed by atoms with E-state index in [1.165, 1.54) is 17.2 Å². The number of carbonyl (C=O) groups excluding carboxylic acids is 1. The van der Waals surface area contributed by atoms with Crippen LogP contribution in [0.15, 0.2) is 36.4 Å². The number of primary amides is 1. The molecule has 0 saturated heterocycles. The molecule has 2 rings (SSSR count). The Balaban J connectivity index is 2.20. The molecule has 0 aliphatic heterocycles. The molecule has 0 atom stereocenters. The van der Waals surface area contributed by atoms with E-state index in [-0.39, 0.29) is 0 Å². The molecule has 1 amide bonds. The number of anilines is 1. The van der Waals surface area contributed by atoms with E-state index >= 15 is 0 Å². The van der Waals surface area contributed by atoms with Gasteiger partial charge in [0.1, 0.15) is 12.4 Å². The monoisotopic (exact) mass is 270 g/mol. The third kappa shape index (κ3) is 3.29. The second kappa shape index (κ2) is 5.65. The Bertz CT molecular complexity index is 631. The molecule has 20 heavy (non-hydrogen) atoms. The van der Waals surface area contributed by atoms with Crippen LogP contribution in [-0.2, 0) is 6.61 Å². The summed E-state index contributed by atoms with van der Waals surface area (Å²) < 4.78 is 5.69. The van der Waals surface area contributed by atoms with E-state index in [0.29, 0.717) is 23.6 Å². The highest BCUT2D eigenvalue weighted by Crippen LogP contribution is 2.22. The van der Waals surface area contributed by atoms with Crippen LogP contribution < -0.4 is 16.2 Å². The summed E-state index contributed by atoms with van der Waals surface area (Å²) in [7, 11) is 0. The lowest BCUT2D eigenvalue weighted by Crippen LogP contribution is -2.13. The zero-order chi connectivity index (χ0) is 14.7. The molecule has 0 radical (unpaired) electrons. The van der Waals surface area contributed by atoms with Gasteiger partial charge in [0.15, 0.2) is 0 Å². The smallest absolute Gasteiger partial charge is 0.252 e. The van der Waals surface area contributed by atoms with Gasteiger partial charge in [-0.2, -0.15) is 0 Å². The normalized spacial score (nSPS) is 10.3. The minimum absolute atomic E-state index is 0.300. The van der Waals surface area contributed by atoms with Crippen LogP contribution in [0.3, 0.4) is 0 Å². The molecule has 104 valence electrons. The predicted molar refractivity (Wildman–Crippen MR) is 79.6 cm³/mol. The zero-order valence-corrected chi connectivity index (χ0v) is 11.6. The van der Waals surface area contributed by atoms with Crippen molar-refractivity contribution in [1.29, 1.82) is 0 Å². The third-order valence-corrected chi connectivity index (χ3v) is 2.94. The molecule has 0 heterocycles. The molecular formula is C16H18N2O2. The van der Waals surface area contributed by atoms with Gasteiger partial charge in [0, 0.05) is 5.69 Å². The van der Waals surface area contributed by atoms with Gasteiger partial charge in [-0.1, -0.05) is 29.3 Å². The molecule has 0 unspecified atom stereocenters. The second-order valence-electron chi connectivity index (χ2n) is 4.90. The Kier molecular flexibility index (Phi) is 3.94. The first kappa shape index (κ1) is 13.9. The number of ether oxygens (including phenoxy) is 1. The zero-order valence-electron chi connectivity index (χ0n) is 11.6. The molecule has 0 fully saturated rings. The molecule has 0 spiro atoms. The molecule has 2 aromatic rings. The summed E-state index contributed by atoms with van der Waals surface area (Å²) in [4.78, 5) is 11.4. The molecule has 4 heteroatoms. The van der Waals surface area contributed by atoms with Gasteiger partial charge in [-0.25, -0.2) is 0 Å². The van der Waals surface area contributed by atoms with E-state index in [0.717, 1.165) is 5.56 Å². The topological polar surface area (TPSA) is 78.3 Å². The van der Waals surface area contributed by atoms with Crippen molar-refractivity contribution in [3.8, 4) is 5.75 Å². The molecule has 0 bridgehead atoms. The largest absolute Gasteiger partial charge is 0.488 e. The maximum absolute atomic E-state index is 11.4. The number of carbonyl (C=O) groups is 1. The highest BCUT2D eigenvalue weighted by atomic mass is 16.5. The number of amides is 1. The lowest BCUT2D eigenvalue weighted by atomic mass is 10.1. The first-order valence-electron chi connectivity index (χ1n) is 6.35. The van der Waals surface area contributed by atoms with Crippen LogP contribution in [0.1, 0.15) is 27.0 Å². The van der Waals surface area contributed by atoms with Crippen LogP contribution in [0, 0.1) is 13.8 Å². The average Bonchev–Trinajstić information content (AvgIpc) is 2.36. The van der Waals surface area contributed by atoms with Crippen molar-refractivity contribution in [3.63, 3.8) is 0 Å². The Labute approximate surface area is 118 Å². The van der Waals surface area contributed by atoms with Gasteiger partial charge in [-0.3, -0.25) is 4.79 Å². The van der Waals surface area contributed by atoms with Crippen molar-refractivity contribution in [2.75, 3.05) is 5.73 Å². The molecular weight excluding hydrogens is 252 g/mol. The third-order valence-electron chi connectivity index (χ3n) is 2.94. The summed E-state index contributed by atoms with van der Waals surface area (Å²) >= 11 is 0. The van der Waals surface area contributed by atoms with Gasteiger partial charge >= 0.3 is 0 Å². The number of aryl methyl sites for hydroxylation is 2. The fourth-order valence-electron chi connectivity index (χ4n) is 2.18. The quantitative estimate of drug-likeness (QED) is 0.838. The maximum atomic E-state index is 11.4. The lowest BCUT2D eigenvalue weighted by molar-refractivity contribution is 0.0996. The molecule has 4 nitrogen and oxygen atoms in total. The number of hydrogen-bond donors (Lipinski definition) is 2. The fourth-order valence-corrected chi connectivity index (χ4v) is 2.18.